The topological polar surface area (TPSA) is 23.5 Å². The van der Waals surface area contributed by atoms with Crippen LogP contribution < -0.4 is 0 Å². The molecule has 1 rings (SSSR count). The number of hydrogen-bond acceptors (Lipinski definition) is 2. The molecule has 0 aromatic carbocycles. The lowest BCUT2D eigenvalue weighted by Gasteiger charge is -2.29. The molecule has 0 saturated carbocycles. The Morgan fingerprint density at radius 3 is 2.62 bits per heavy atom. The quantitative estimate of drug-likeness (QED) is 0.721. The average Bonchev–Trinajstić information content (AvgIpc) is 2.52. The minimum atomic E-state index is 0.321. The number of likely N-dealkylation sites (tertiary alicyclic amines) is 1. The number of nitrogens with zero attached hydrogens (tertiary/aromatic N) is 1. The highest BCUT2D eigenvalue weighted by Crippen LogP contribution is 2.24. The molecule has 1 fully saturated rings. The maximum Gasteiger partial charge on any atom is 0.0468 e. The number of aliphatic hydroxyl groups excluding tert-OH is 1. The molecule has 0 aliphatic carbocycles. The van der Waals surface area contributed by atoms with Crippen LogP contribution in [0.15, 0.2) is 0 Å². The Hall–Kier alpha value is -0.0800. The molecule has 2 unspecified atom stereocenters. The van der Waals surface area contributed by atoms with E-state index in [-0.39, 0.29) is 0 Å². The van der Waals surface area contributed by atoms with Crippen molar-refractivity contribution >= 4 is 0 Å². The van der Waals surface area contributed by atoms with E-state index in [0.717, 1.165) is 18.5 Å². The van der Waals surface area contributed by atoms with Crippen molar-refractivity contribution in [2.24, 2.45) is 11.8 Å². The van der Waals surface area contributed by atoms with Crippen molar-refractivity contribution in [2.45, 2.75) is 39.7 Å². The molecule has 0 amide bonds. The van der Waals surface area contributed by atoms with Gasteiger partial charge in [-0.25, -0.2) is 0 Å². The number of aliphatic hydroxyl groups is 1. The first-order valence-corrected chi connectivity index (χ1v) is 5.50. The van der Waals surface area contributed by atoms with Crippen molar-refractivity contribution in [1.29, 1.82) is 0 Å². The zero-order chi connectivity index (χ0) is 9.84. The van der Waals surface area contributed by atoms with Gasteiger partial charge < -0.3 is 5.11 Å². The van der Waals surface area contributed by atoms with E-state index in [0.29, 0.717) is 12.5 Å². The van der Waals surface area contributed by atoms with Gasteiger partial charge in [0.2, 0.25) is 0 Å². The molecule has 78 valence electrons. The van der Waals surface area contributed by atoms with Gasteiger partial charge in [0.05, 0.1) is 0 Å². The fourth-order valence-electron chi connectivity index (χ4n) is 2.29. The fraction of sp³-hybridized carbons (Fsp3) is 1.00. The second-order valence-corrected chi connectivity index (χ2v) is 4.74. The molecular weight excluding hydrogens is 162 g/mol. The van der Waals surface area contributed by atoms with Gasteiger partial charge in [-0.3, -0.25) is 4.90 Å². The molecule has 0 bridgehead atoms. The van der Waals surface area contributed by atoms with Gasteiger partial charge in [-0.15, -0.1) is 0 Å². The summed E-state index contributed by atoms with van der Waals surface area (Å²) in [6, 6.07) is 0.758. The molecule has 2 nitrogen and oxygen atoms in total. The smallest absolute Gasteiger partial charge is 0.0468 e. The van der Waals surface area contributed by atoms with Gasteiger partial charge in [0.15, 0.2) is 0 Å². The van der Waals surface area contributed by atoms with E-state index in [1.807, 2.05) is 0 Å². The van der Waals surface area contributed by atoms with Crippen molar-refractivity contribution in [3.05, 3.63) is 0 Å². The summed E-state index contributed by atoms with van der Waals surface area (Å²) in [4.78, 5) is 2.55. The third kappa shape index (κ3) is 2.96. The Kier molecular flexibility index (Phi) is 4.20. The average molecular weight is 185 g/mol. The lowest BCUT2D eigenvalue weighted by Crippen LogP contribution is -2.37. The molecule has 2 atom stereocenters. The van der Waals surface area contributed by atoms with Crippen LogP contribution in [0.2, 0.25) is 0 Å². The second kappa shape index (κ2) is 4.97. The highest BCUT2D eigenvalue weighted by Gasteiger charge is 2.27. The Balaban J connectivity index is 2.39. The molecular formula is C11H23NO. The minimum Gasteiger partial charge on any atom is -0.396 e. The molecule has 1 heterocycles. The summed E-state index contributed by atoms with van der Waals surface area (Å²) in [5, 5.41) is 8.99. The van der Waals surface area contributed by atoms with Crippen LogP contribution in [0.1, 0.15) is 33.6 Å². The van der Waals surface area contributed by atoms with E-state index in [9.17, 15) is 0 Å². The molecule has 0 spiro atoms. The van der Waals surface area contributed by atoms with Gasteiger partial charge in [0, 0.05) is 19.2 Å². The van der Waals surface area contributed by atoms with Gasteiger partial charge in [0.25, 0.3) is 0 Å². The molecule has 1 saturated heterocycles. The maximum absolute atomic E-state index is 8.99. The van der Waals surface area contributed by atoms with Crippen LogP contribution >= 0.6 is 0 Å². The molecule has 0 radical (unpaired) electrons. The molecule has 0 aromatic heterocycles. The zero-order valence-corrected chi connectivity index (χ0v) is 9.16. The lowest BCUT2D eigenvalue weighted by molar-refractivity contribution is 0.144. The first-order chi connectivity index (χ1) is 6.15. The van der Waals surface area contributed by atoms with E-state index in [2.05, 4.69) is 25.7 Å². The predicted molar refractivity (Wildman–Crippen MR) is 55.7 cm³/mol. The van der Waals surface area contributed by atoms with Crippen LogP contribution in [0.3, 0.4) is 0 Å². The van der Waals surface area contributed by atoms with Crippen LogP contribution in [0.4, 0.5) is 0 Å². The van der Waals surface area contributed by atoms with E-state index in [4.69, 9.17) is 5.11 Å². The van der Waals surface area contributed by atoms with Crippen molar-refractivity contribution in [1.82, 2.24) is 4.90 Å². The molecule has 2 heteroatoms. The third-order valence-corrected chi connectivity index (χ3v) is 3.04. The van der Waals surface area contributed by atoms with Crippen LogP contribution in [0, 0.1) is 11.8 Å². The Bertz CT molecular complexity index is 147. The van der Waals surface area contributed by atoms with Gasteiger partial charge in [0.1, 0.15) is 0 Å². The zero-order valence-electron chi connectivity index (χ0n) is 9.16. The molecule has 1 aliphatic heterocycles. The van der Waals surface area contributed by atoms with Crippen LogP contribution in [-0.4, -0.2) is 35.7 Å². The Morgan fingerprint density at radius 1 is 1.38 bits per heavy atom. The SMILES string of the molecule is CC(CO)CN1CCCC1C(C)C. The molecule has 0 aromatic rings. The summed E-state index contributed by atoms with van der Waals surface area (Å²) in [6.07, 6.45) is 2.68. The van der Waals surface area contributed by atoms with Gasteiger partial charge in [-0.05, 0) is 31.2 Å². The number of rotatable bonds is 4. The van der Waals surface area contributed by atoms with E-state index in [1.165, 1.54) is 19.4 Å². The minimum absolute atomic E-state index is 0.321. The van der Waals surface area contributed by atoms with Gasteiger partial charge in [-0.1, -0.05) is 20.8 Å². The maximum atomic E-state index is 8.99. The van der Waals surface area contributed by atoms with Gasteiger partial charge in [-0.2, -0.15) is 0 Å². The fourth-order valence-corrected chi connectivity index (χ4v) is 2.29. The Morgan fingerprint density at radius 2 is 2.08 bits per heavy atom. The van der Waals surface area contributed by atoms with Gasteiger partial charge >= 0.3 is 0 Å². The lowest BCUT2D eigenvalue weighted by atomic mass is 10.0. The Labute approximate surface area is 81.9 Å². The highest BCUT2D eigenvalue weighted by molar-refractivity contribution is 4.82. The summed E-state index contributed by atoms with van der Waals surface area (Å²) < 4.78 is 0. The normalized spacial score (nSPS) is 27.0. The summed E-state index contributed by atoms with van der Waals surface area (Å²) in [5.74, 6) is 1.19. The first kappa shape index (κ1) is 11.0. The van der Waals surface area contributed by atoms with Crippen molar-refractivity contribution in [3.8, 4) is 0 Å². The summed E-state index contributed by atoms with van der Waals surface area (Å²) in [5.41, 5.74) is 0. The van der Waals surface area contributed by atoms with Crippen LogP contribution in [0.5, 0.6) is 0 Å². The monoisotopic (exact) mass is 185 g/mol. The summed E-state index contributed by atoms with van der Waals surface area (Å²) >= 11 is 0. The standard InChI is InChI=1S/C11H23NO/c1-9(2)11-5-4-6-12(11)7-10(3)8-13/h9-11,13H,4-8H2,1-3H3. The number of hydrogen-bond donors (Lipinski definition) is 1. The van der Waals surface area contributed by atoms with E-state index in [1.54, 1.807) is 0 Å². The van der Waals surface area contributed by atoms with Crippen molar-refractivity contribution in [3.63, 3.8) is 0 Å². The third-order valence-electron chi connectivity index (χ3n) is 3.04. The predicted octanol–water partition coefficient (Wildman–Crippen LogP) is 1.74. The first-order valence-electron chi connectivity index (χ1n) is 5.50. The van der Waals surface area contributed by atoms with Crippen LogP contribution in [0.25, 0.3) is 0 Å². The molecule has 1 aliphatic rings. The second-order valence-electron chi connectivity index (χ2n) is 4.74. The van der Waals surface area contributed by atoms with E-state index < -0.39 is 0 Å². The summed E-state index contributed by atoms with van der Waals surface area (Å²) in [6.45, 7) is 9.34. The van der Waals surface area contributed by atoms with Crippen LogP contribution in [-0.2, 0) is 0 Å². The highest BCUT2D eigenvalue weighted by atomic mass is 16.3. The molecule has 1 N–H and O–H groups in total. The van der Waals surface area contributed by atoms with E-state index >= 15 is 0 Å². The molecule has 13 heavy (non-hydrogen) atoms. The summed E-state index contributed by atoms with van der Waals surface area (Å²) in [7, 11) is 0. The largest absolute Gasteiger partial charge is 0.396 e. The van der Waals surface area contributed by atoms with Crippen molar-refractivity contribution in [2.75, 3.05) is 19.7 Å². The van der Waals surface area contributed by atoms with Crippen molar-refractivity contribution < 1.29 is 5.11 Å².